The Morgan fingerprint density at radius 3 is 2.33 bits per heavy atom. The maximum absolute atomic E-state index is 6.27. The number of anilines is 1. The molecule has 0 aliphatic heterocycles. The van der Waals surface area contributed by atoms with Gasteiger partial charge in [0.15, 0.2) is 0 Å². The van der Waals surface area contributed by atoms with Gasteiger partial charge in [0, 0.05) is 10.5 Å². The number of nitrogens with one attached hydrogen (secondary N) is 1. The number of aryl methyl sites for hydroxylation is 1. The number of rotatable bonds is 3. The maximum Gasteiger partial charge on any atom is 0.0835 e. The lowest BCUT2D eigenvalue weighted by Gasteiger charge is -2.37. The third-order valence-electron chi connectivity index (χ3n) is 4.08. The molecule has 0 aromatic heterocycles. The summed E-state index contributed by atoms with van der Waals surface area (Å²) in [6.07, 6.45) is 2.26. The van der Waals surface area contributed by atoms with E-state index in [9.17, 15) is 0 Å². The van der Waals surface area contributed by atoms with E-state index in [0.717, 1.165) is 23.0 Å². The van der Waals surface area contributed by atoms with Crippen molar-refractivity contribution in [3.8, 4) is 0 Å². The smallest absolute Gasteiger partial charge is 0.0835 e. The molecular weight excluding hydrogens is 369 g/mol. The molecule has 0 spiro atoms. The second-order valence-electron chi connectivity index (χ2n) is 5.64. The topological polar surface area (TPSA) is 12.0 Å². The number of benzene rings is 2. The molecule has 1 saturated carbocycles. The molecule has 3 rings (SSSR count). The van der Waals surface area contributed by atoms with Gasteiger partial charge in [-0.15, -0.1) is 0 Å². The van der Waals surface area contributed by atoms with Crippen LogP contribution in [0, 0.1) is 6.92 Å². The molecule has 1 N–H and O–H groups in total. The minimum absolute atomic E-state index is 0.464. The first-order valence-electron chi connectivity index (χ1n) is 7.01. The zero-order chi connectivity index (χ0) is 15.0. The van der Waals surface area contributed by atoms with Crippen LogP contribution in [0.4, 0.5) is 5.69 Å². The van der Waals surface area contributed by atoms with Crippen LogP contribution in [0.5, 0.6) is 0 Å². The average molecular weight is 385 g/mol. The summed E-state index contributed by atoms with van der Waals surface area (Å²) < 4.78 is 0.825. The van der Waals surface area contributed by atoms with Crippen molar-refractivity contribution in [3.05, 3.63) is 62.0 Å². The Labute approximate surface area is 143 Å². The Balaban J connectivity index is 1.62. The molecule has 21 heavy (non-hydrogen) atoms. The van der Waals surface area contributed by atoms with Crippen molar-refractivity contribution < 1.29 is 0 Å². The van der Waals surface area contributed by atoms with Gasteiger partial charge in [-0.05, 0) is 59.3 Å². The second-order valence-corrected chi connectivity index (χ2v) is 7.25. The Kier molecular flexibility index (Phi) is 4.49. The van der Waals surface area contributed by atoms with E-state index >= 15 is 0 Å². The highest BCUT2D eigenvalue weighted by Gasteiger charge is 2.30. The molecule has 0 bridgehead atoms. The zero-order valence-electron chi connectivity index (χ0n) is 11.7. The predicted octanol–water partition coefficient (Wildman–Crippen LogP) is 6.42. The molecule has 0 radical (unpaired) electrons. The van der Waals surface area contributed by atoms with E-state index in [1.807, 2.05) is 12.1 Å². The third-order valence-corrected chi connectivity index (χ3v) is 5.85. The van der Waals surface area contributed by atoms with Crippen LogP contribution in [0.1, 0.15) is 29.9 Å². The molecule has 0 atom stereocenters. The largest absolute Gasteiger partial charge is 0.381 e. The van der Waals surface area contributed by atoms with Gasteiger partial charge >= 0.3 is 0 Å². The fourth-order valence-electron chi connectivity index (χ4n) is 2.70. The quantitative estimate of drug-likeness (QED) is 0.601. The minimum atomic E-state index is 0.464. The van der Waals surface area contributed by atoms with Crippen molar-refractivity contribution in [1.29, 1.82) is 0 Å². The van der Waals surface area contributed by atoms with Gasteiger partial charge in [0.25, 0.3) is 0 Å². The summed E-state index contributed by atoms with van der Waals surface area (Å²) in [5.74, 6) is 0.646. The highest BCUT2D eigenvalue weighted by Crippen LogP contribution is 2.41. The molecule has 4 heteroatoms. The fraction of sp³-hybridized carbons (Fsp3) is 0.294. The van der Waals surface area contributed by atoms with Crippen molar-refractivity contribution in [2.75, 3.05) is 5.32 Å². The molecule has 0 heterocycles. The molecule has 110 valence electrons. The molecule has 2 aromatic carbocycles. The normalized spacial score (nSPS) is 21.0. The summed E-state index contributed by atoms with van der Waals surface area (Å²) in [5.41, 5.74) is 3.65. The maximum atomic E-state index is 6.27. The lowest BCUT2D eigenvalue weighted by Crippen LogP contribution is -2.34. The first-order valence-corrected chi connectivity index (χ1v) is 8.56. The predicted molar refractivity (Wildman–Crippen MR) is 94.7 cm³/mol. The van der Waals surface area contributed by atoms with Gasteiger partial charge in [-0.1, -0.05) is 53.0 Å². The molecule has 1 aliphatic rings. The molecule has 1 aliphatic carbocycles. The zero-order valence-corrected chi connectivity index (χ0v) is 14.8. The van der Waals surface area contributed by atoms with Crippen LogP contribution in [-0.2, 0) is 0 Å². The Morgan fingerprint density at radius 2 is 1.67 bits per heavy atom. The number of hydrogen-bond donors (Lipinski definition) is 1. The number of halogens is 3. The van der Waals surface area contributed by atoms with Gasteiger partial charge in [0.05, 0.1) is 15.7 Å². The van der Waals surface area contributed by atoms with E-state index in [2.05, 4.69) is 52.4 Å². The van der Waals surface area contributed by atoms with Crippen LogP contribution >= 0.6 is 39.1 Å². The van der Waals surface area contributed by atoms with E-state index in [1.54, 1.807) is 0 Å². The molecule has 0 unspecified atom stereocenters. The summed E-state index contributed by atoms with van der Waals surface area (Å²) in [5, 5.41) is 4.64. The van der Waals surface area contributed by atoms with Crippen LogP contribution in [0.3, 0.4) is 0 Å². The van der Waals surface area contributed by atoms with Gasteiger partial charge < -0.3 is 5.32 Å². The first-order chi connectivity index (χ1) is 10.0. The highest BCUT2D eigenvalue weighted by molar-refractivity contribution is 9.10. The van der Waals surface area contributed by atoms with Crippen LogP contribution in [0.15, 0.2) is 40.9 Å². The molecule has 2 aromatic rings. The Morgan fingerprint density at radius 1 is 1.00 bits per heavy atom. The third kappa shape index (κ3) is 3.23. The standard InChI is InChI=1S/C17H16BrCl2N/c1-10-2-4-11(5-3-10)12-8-13(9-12)21-15-7-6-14(18)16(19)17(15)20/h2-7,12-13,21H,8-9H2,1H3. The van der Waals surface area contributed by atoms with Crippen LogP contribution in [-0.4, -0.2) is 6.04 Å². The van der Waals surface area contributed by atoms with Crippen molar-refractivity contribution in [2.45, 2.75) is 31.7 Å². The monoisotopic (exact) mass is 383 g/mol. The minimum Gasteiger partial charge on any atom is -0.381 e. The van der Waals surface area contributed by atoms with Gasteiger partial charge in [0.2, 0.25) is 0 Å². The lowest BCUT2D eigenvalue weighted by atomic mass is 9.75. The Bertz CT molecular complexity index is 649. The summed E-state index contributed by atoms with van der Waals surface area (Å²) in [6, 6.07) is 13.2. The van der Waals surface area contributed by atoms with Crippen LogP contribution in [0.2, 0.25) is 10.0 Å². The van der Waals surface area contributed by atoms with E-state index in [-0.39, 0.29) is 0 Å². The van der Waals surface area contributed by atoms with Crippen molar-refractivity contribution in [1.82, 2.24) is 0 Å². The Hall–Kier alpha value is -0.700. The van der Waals surface area contributed by atoms with Crippen molar-refractivity contribution in [2.24, 2.45) is 0 Å². The highest BCUT2D eigenvalue weighted by atomic mass is 79.9. The van der Waals surface area contributed by atoms with Gasteiger partial charge in [-0.3, -0.25) is 0 Å². The van der Waals surface area contributed by atoms with Gasteiger partial charge in [0.1, 0.15) is 0 Å². The molecule has 0 saturated heterocycles. The molecular formula is C17H16BrCl2N. The van der Waals surface area contributed by atoms with Crippen molar-refractivity contribution >= 4 is 44.8 Å². The summed E-state index contributed by atoms with van der Waals surface area (Å²) >= 11 is 15.8. The summed E-state index contributed by atoms with van der Waals surface area (Å²) in [4.78, 5) is 0. The van der Waals surface area contributed by atoms with Gasteiger partial charge in [-0.25, -0.2) is 0 Å². The van der Waals surface area contributed by atoms with Crippen LogP contribution < -0.4 is 5.32 Å². The average Bonchev–Trinajstić information content (AvgIpc) is 2.43. The van der Waals surface area contributed by atoms with E-state index in [4.69, 9.17) is 23.2 Å². The van der Waals surface area contributed by atoms with Crippen LogP contribution in [0.25, 0.3) is 0 Å². The second kappa shape index (κ2) is 6.20. The molecule has 1 fully saturated rings. The SMILES string of the molecule is Cc1ccc(C2CC(Nc3ccc(Br)c(Cl)c3Cl)C2)cc1. The van der Waals surface area contributed by atoms with E-state index in [0.29, 0.717) is 22.0 Å². The summed E-state index contributed by atoms with van der Waals surface area (Å²) in [6.45, 7) is 2.12. The van der Waals surface area contributed by atoms with E-state index in [1.165, 1.54) is 11.1 Å². The van der Waals surface area contributed by atoms with Crippen molar-refractivity contribution in [3.63, 3.8) is 0 Å². The first kappa shape index (κ1) is 15.2. The summed E-state index contributed by atoms with van der Waals surface area (Å²) in [7, 11) is 0. The van der Waals surface area contributed by atoms with Gasteiger partial charge in [-0.2, -0.15) is 0 Å². The molecule has 1 nitrogen and oxygen atoms in total. The lowest BCUT2D eigenvalue weighted by molar-refractivity contribution is 0.374. The fourth-order valence-corrected chi connectivity index (χ4v) is 3.53. The number of hydrogen-bond acceptors (Lipinski definition) is 1. The van der Waals surface area contributed by atoms with E-state index < -0.39 is 0 Å². The molecule has 0 amide bonds.